The van der Waals surface area contributed by atoms with Crippen LogP contribution in [0.4, 0.5) is 0 Å². The number of nitrogens with zero attached hydrogens (tertiary/aromatic N) is 1. The summed E-state index contributed by atoms with van der Waals surface area (Å²) in [5.41, 5.74) is 5.35. The third-order valence-corrected chi connectivity index (χ3v) is 2.92. The van der Waals surface area contributed by atoms with E-state index in [-0.39, 0.29) is 0 Å². The van der Waals surface area contributed by atoms with Gasteiger partial charge in [0, 0.05) is 17.8 Å². The fourth-order valence-corrected chi connectivity index (χ4v) is 1.91. The first-order chi connectivity index (χ1) is 7.33. The minimum absolute atomic E-state index is 0.313. The van der Waals surface area contributed by atoms with Crippen molar-refractivity contribution in [3.63, 3.8) is 0 Å². The molecule has 0 aromatic carbocycles. The van der Waals surface area contributed by atoms with Crippen molar-refractivity contribution in [2.45, 2.75) is 25.8 Å². The van der Waals surface area contributed by atoms with Crippen LogP contribution in [0.3, 0.4) is 0 Å². The molecule has 84 valence electrons. The quantitative estimate of drug-likeness (QED) is 0.218. The number of hydrogen-bond donors (Lipinski definition) is 3. The van der Waals surface area contributed by atoms with Crippen LogP contribution < -0.4 is 11.1 Å². The Labute approximate surface area is 93.8 Å². The van der Waals surface area contributed by atoms with Gasteiger partial charge in [-0.3, -0.25) is 0 Å². The number of oxime groups is 1. The summed E-state index contributed by atoms with van der Waals surface area (Å²) in [6.45, 7) is 1.90. The van der Waals surface area contributed by atoms with E-state index in [0.717, 1.165) is 25.9 Å². The summed E-state index contributed by atoms with van der Waals surface area (Å²) >= 11 is 1.76. The molecule has 0 unspecified atom stereocenters. The van der Waals surface area contributed by atoms with Crippen molar-refractivity contribution in [1.82, 2.24) is 5.32 Å². The van der Waals surface area contributed by atoms with Crippen LogP contribution in [0.2, 0.25) is 0 Å². The topological polar surface area (TPSA) is 70.6 Å². The molecule has 1 rings (SSSR count). The zero-order valence-electron chi connectivity index (χ0n) is 8.65. The second-order valence-corrected chi connectivity index (χ2v) is 4.34. The number of nitrogens with one attached hydrogen (secondary N) is 1. The van der Waals surface area contributed by atoms with Crippen LogP contribution in [0.25, 0.3) is 0 Å². The van der Waals surface area contributed by atoms with E-state index in [1.54, 1.807) is 11.3 Å². The Morgan fingerprint density at radius 2 is 2.40 bits per heavy atom. The lowest BCUT2D eigenvalue weighted by atomic mass is 10.2. The molecule has 4 nitrogen and oxygen atoms in total. The maximum atomic E-state index is 8.31. The summed E-state index contributed by atoms with van der Waals surface area (Å²) in [4.78, 5) is 1.35. The van der Waals surface area contributed by atoms with E-state index in [0.29, 0.717) is 12.3 Å². The zero-order chi connectivity index (χ0) is 10.9. The molecule has 0 bridgehead atoms. The number of amidine groups is 1. The Balaban J connectivity index is 1.94. The molecule has 0 fully saturated rings. The molecule has 0 radical (unpaired) electrons. The average Bonchev–Trinajstić information content (AvgIpc) is 2.75. The Hall–Kier alpha value is -1.07. The molecule has 1 heterocycles. The lowest BCUT2D eigenvalue weighted by Crippen LogP contribution is -2.15. The number of thiophene rings is 1. The van der Waals surface area contributed by atoms with Gasteiger partial charge >= 0.3 is 0 Å². The monoisotopic (exact) mass is 227 g/mol. The largest absolute Gasteiger partial charge is 0.409 e. The smallest absolute Gasteiger partial charge is 0.139 e. The molecule has 0 aliphatic carbocycles. The molecular formula is C10H17N3OS. The van der Waals surface area contributed by atoms with Crippen LogP contribution in [0.15, 0.2) is 22.7 Å². The molecule has 0 aliphatic rings. The Kier molecular flexibility index (Phi) is 5.80. The Morgan fingerprint density at radius 1 is 1.53 bits per heavy atom. The molecule has 0 saturated carbocycles. The molecule has 0 atom stereocenters. The van der Waals surface area contributed by atoms with Crippen LogP contribution in [-0.4, -0.2) is 17.6 Å². The van der Waals surface area contributed by atoms with E-state index in [1.165, 1.54) is 4.88 Å². The third-order valence-electron chi connectivity index (χ3n) is 2.04. The van der Waals surface area contributed by atoms with Crippen LogP contribution in [0, 0.1) is 0 Å². The van der Waals surface area contributed by atoms with Crippen LogP contribution in [0.5, 0.6) is 0 Å². The van der Waals surface area contributed by atoms with Gasteiger partial charge in [0.1, 0.15) is 5.84 Å². The van der Waals surface area contributed by atoms with Gasteiger partial charge in [-0.1, -0.05) is 11.2 Å². The summed E-state index contributed by atoms with van der Waals surface area (Å²) in [6, 6.07) is 4.17. The lowest BCUT2D eigenvalue weighted by molar-refractivity contribution is 0.316. The first kappa shape index (κ1) is 12.0. The summed E-state index contributed by atoms with van der Waals surface area (Å²) in [5, 5.41) is 16.7. The standard InChI is InChI=1S/C10H17N3OS/c11-10(13-14)5-1-2-6-12-8-9-4-3-7-15-9/h3-4,7,12,14H,1-2,5-6,8H2,(H2,11,13). The zero-order valence-corrected chi connectivity index (χ0v) is 9.46. The summed E-state index contributed by atoms with van der Waals surface area (Å²) in [6.07, 6.45) is 2.66. The van der Waals surface area contributed by atoms with E-state index < -0.39 is 0 Å². The van der Waals surface area contributed by atoms with Crippen molar-refractivity contribution in [2.75, 3.05) is 6.54 Å². The lowest BCUT2D eigenvalue weighted by Gasteiger charge is -2.02. The normalized spacial score (nSPS) is 11.9. The van der Waals surface area contributed by atoms with Gasteiger partial charge in [0.2, 0.25) is 0 Å². The number of unbranched alkanes of at least 4 members (excludes halogenated alkanes) is 1. The van der Waals surface area contributed by atoms with Gasteiger partial charge in [0.25, 0.3) is 0 Å². The fourth-order valence-electron chi connectivity index (χ4n) is 1.23. The van der Waals surface area contributed by atoms with E-state index in [9.17, 15) is 0 Å². The Morgan fingerprint density at radius 3 is 3.07 bits per heavy atom. The molecule has 4 N–H and O–H groups in total. The molecular weight excluding hydrogens is 210 g/mol. The number of rotatable bonds is 7. The SMILES string of the molecule is NC(CCCCNCc1cccs1)=NO. The van der Waals surface area contributed by atoms with Gasteiger partial charge in [-0.05, 0) is 30.8 Å². The molecule has 1 aromatic rings. The van der Waals surface area contributed by atoms with E-state index >= 15 is 0 Å². The molecule has 5 heteroatoms. The highest BCUT2D eigenvalue weighted by atomic mass is 32.1. The predicted molar refractivity (Wildman–Crippen MR) is 63.3 cm³/mol. The van der Waals surface area contributed by atoms with Crippen molar-refractivity contribution in [2.24, 2.45) is 10.9 Å². The average molecular weight is 227 g/mol. The van der Waals surface area contributed by atoms with Gasteiger partial charge < -0.3 is 16.3 Å². The van der Waals surface area contributed by atoms with Gasteiger partial charge in [0.05, 0.1) is 0 Å². The second kappa shape index (κ2) is 7.25. The minimum Gasteiger partial charge on any atom is -0.409 e. The second-order valence-electron chi connectivity index (χ2n) is 3.30. The highest BCUT2D eigenvalue weighted by Gasteiger charge is 1.95. The fraction of sp³-hybridized carbons (Fsp3) is 0.500. The third kappa shape index (κ3) is 5.39. The van der Waals surface area contributed by atoms with Crippen molar-refractivity contribution in [1.29, 1.82) is 0 Å². The van der Waals surface area contributed by atoms with Crippen LogP contribution >= 0.6 is 11.3 Å². The first-order valence-electron chi connectivity index (χ1n) is 5.02. The number of nitrogens with two attached hydrogens (primary N) is 1. The van der Waals surface area contributed by atoms with Gasteiger partial charge in [-0.25, -0.2) is 0 Å². The predicted octanol–water partition coefficient (Wildman–Crippen LogP) is 1.75. The molecule has 0 aliphatic heterocycles. The maximum Gasteiger partial charge on any atom is 0.139 e. The van der Waals surface area contributed by atoms with Crippen molar-refractivity contribution < 1.29 is 5.21 Å². The van der Waals surface area contributed by atoms with Crippen molar-refractivity contribution >= 4 is 17.2 Å². The van der Waals surface area contributed by atoms with Crippen LogP contribution in [0.1, 0.15) is 24.1 Å². The van der Waals surface area contributed by atoms with E-state index in [4.69, 9.17) is 10.9 Å². The highest BCUT2D eigenvalue weighted by molar-refractivity contribution is 7.09. The van der Waals surface area contributed by atoms with E-state index in [2.05, 4.69) is 28.0 Å². The maximum absolute atomic E-state index is 8.31. The Bertz CT molecular complexity index is 285. The van der Waals surface area contributed by atoms with Gasteiger partial charge in [-0.2, -0.15) is 0 Å². The van der Waals surface area contributed by atoms with E-state index in [1.807, 2.05) is 0 Å². The molecule has 0 saturated heterocycles. The summed E-state index contributed by atoms with van der Waals surface area (Å²) < 4.78 is 0. The van der Waals surface area contributed by atoms with Crippen LogP contribution in [-0.2, 0) is 6.54 Å². The molecule has 0 amide bonds. The van der Waals surface area contributed by atoms with Gasteiger partial charge in [0.15, 0.2) is 0 Å². The molecule has 15 heavy (non-hydrogen) atoms. The summed E-state index contributed by atoms with van der Waals surface area (Å²) in [5.74, 6) is 0.313. The molecule has 0 spiro atoms. The molecule has 1 aromatic heterocycles. The van der Waals surface area contributed by atoms with Crippen molar-refractivity contribution in [3.8, 4) is 0 Å². The van der Waals surface area contributed by atoms with Crippen molar-refractivity contribution in [3.05, 3.63) is 22.4 Å². The number of hydrogen-bond acceptors (Lipinski definition) is 4. The first-order valence-corrected chi connectivity index (χ1v) is 5.90. The minimum atomic E-state index is 0.313. The summed E-state index contributed by atoms with van der Waals surface area (Å²) in [7, 11) is 0. The highest BCUT2D eigenvalue weighted by Crippen LogP contribution is 2.07. The van der Waals surface area contributed by atoms with Gasteiger partial charge in [-0.15, -0.1) is 11.3 Å².